The number of nitrogens with one attached hydrogen (secondary N) is 1. The minimum Gasteiger partial charge on any atom is -0.497 e. The molecule has 3 aromatic carbocycles. The number of urea groups is 1. The van der Waals surface area contributed by atoms with E-state index in [1.807, 2.05) is 30.3 Å². The molecule has 0 bridgehead atoms. The monoisotopic (exact) mass is 440 g/mol. The Morgan fingerprint density at radius 1 is 1.06 bits per heavy atom. The zero-order valence-corrected chi connectivity index (χ0v) is 18.3. The van der Waals surface area contributed by atoms with E-state index >= 15 is 0 Å². The fraction of sp³-hybridized carbons (Fsp3) is 0.192. The van der Waals surface area contributed by atoms with Gasteiger partial charge in [0.1, 0.15) is 5.75 Å². The molecule has 0 unspecified atom stereocenters. The first kappa shape index (κ1) is 21.9. The van der Waals surface area contributed by atoms with Crippen molar-refractivity contribution in [3.63, 3.8) is 0 Å². The van der Waals surface area contributed by atoms with Crippen molar-refractivity contribution >= 4 is 23.3 Å². The number of hydrogen-bond donors (Lipinski definition) is 1. The molecule has 0 atom stereocenters. The first-order valence-electron chi connectivity index (χ1n) is 10.7. The summed E-state index contributed by atoms with van der Waals surface area (Å²) in [5, 5.41) is 12.2. The molecule has 1 N–H and O–H groups in total. The highest BCUT2D eigenvalue weighted by molar-refractivity contribution is 6.05. The van der Waals surface area contributed by atoms with Gasteiger partial charge in [-0.2, -0.15) is 5.26 Å². The van der Waals surface area contributed by atoms with E-state index < -0.39 is 0 Å². The van der Waals surface area contributed by atoms with Gasteiger partial charge >= 0.3 is 6.03 Å². The largest absolute Gasteiger partial charge is 0.497 e. The van der Waals surface area contributed by atoms with Crippen LogP contribution in [0.4, 0.5) is 16.2 Å². The van der Waals surface area contributed by atoms with Gasteiger partial charge in [0, 0.05) is 36.6 Å². The van der Waals surface area contributed by atoms with Crippen LogP contribution in [0.5, 0.6) is 5.75 Å². The van der Waals surface area contributed by atoms with Crippen molar-refractivity contribution in [2.45, 2.75) is 13.0 Å². The number of nitriles is 1. The van der Waals surface area contributed by atoms with Gasteiger partial charge < -0.3 is 15.0 Å². The number of benzene rings is 3. The third-order valence-electron chi connectivity index (χ3n) is 5.56. The molecule has 3 aromatic rings. The molecule has 1 fully saturated rings. The van der Waals surface area contributed by atoms with E-state index in [-0.39, 0.29) is 11.9 Å². The van der Waals surface area contributed by atoms with Crippen molar-refractivity contribution in [1.29, 1.82) is 5.26 Å². The summed E-state index contributed by atoms with van der Waals surface area (Å²) in [7, 11) is 1.55. The summed E-state index contributed by atoms with van der Waals surface area (Å²) in [6.07, 6.45) is 0.806. The average Bonchev–Trinajstić information content (AvgIpc) is 2.86. The number of carbonyl (C=O) groups excluding carboxylic acids is 2. The van der Waals surface area contributed by atoms with Crippen LogP contribution >= 0.6 is 0 Å². The van der Waals surface area contributed by atoms with Crippen LogP contribution in [0.1, 0.15) is 27.9 Å². The van der Waals surface area contributed by atoms with Crippen LogP contribution in [0.3, 0.4) is 0 Å². The van der Waals surface area contributed by atoms with Crippen LogP contribution < -0.4 is 15.0 Å². The fourth-order valence-corrected chi connectivity index (χ4v) is 3.86. The van der Waals surface area contributed by atoms with E-state index in [0.29, 0.717) is 47.9 Å². The molecule has 7 heteroatoms. The zero-order valence-electron chi connectivity index (χ0n) is 18.3. The van der Waals surface area contributed by atoms with Gasteiger partial charge in [0.15, 0.2) is 0 Å². The molecule has 7 nitrogen and oxygen atoms in total. The van der Waals surface area contributed by atoms with Crippen LogP contribution in [-0.2, 0) is 6.54 Å². The predicted molar refractivity (Wildman–Crippen MR) is 126 cm³/mol. The molecular formula is C26H24N4O3. The SMILES string of the molecule is COc1cccc(C(=O)Nc2cccc(N3CCCN(Cc4ccccc4C#N)C3=O)c2)c1. The molecule has 1 heterocycles. The summed E-state index contributed by atoms with van der Waals surface area (Å²) in [6, 6.07) is 23.6. The highest BCUT2D eigenvalue weighted by Gasteiger charge is 2.27. The maximum absolute atomic E-state index is 13.2. The van der Waals surface area contributed by atoms with Gasteiger partial charge in [-0.15, -0.1) is 0 Å². The van der Waals surface area contributed by atoms with Crippen molar-refractivity contribution < 1.29 is 14.3 Å². The Kier molecular flexibility index (Phi) is 6.56. The highest BCUT2D eigenvalue weighted by atomic mass is 16.5. The molecule has 0 saturated carbocycles. The second-order valence-electron chi connectivity index (χ2n) is 7.71. The number of methoxy groups -OCH3 is 1. The van der Waals surface area contributed by atoms with Crippen molar-refractivity contribution in [1.82, 2.24) is 4.90 Å². The third-order valence-corrected chi connectivity index (χ3v) is 5.56. The van der Waals surface area contributed by atoms with Crippen molar-refractivity contribution in [3.8, 4) is 11.8 Å². The quantitative estimate of drug-likeness (QED) is 0.605. The molecule has 1 aliphatic rings. The Morgan fingerprint density at radius 3 is 2.70 bits per heavy atom. The number of amides is 3. The number of anilines is 2. The van der Waals surface area contributed by atoms with Gasteiger partial charge in [-0.3, -0.25) is 9.69 Å². The molecule has 166 valence electrons. The van der Waals surface area contributed by atoms with Gasteiger partial charge in [0.25, 0.3) is 5.91 Å². The molecule has 1 aliphatic heterocycles. The number of hydrogen-bond acceptors (Lipinski definition) is 4. The van der Waals surface area contributed by atoms with Gasteiger partial charge in [-0.25, -0.2) is 4.79 Å². The van der Waals surface area contributed by atoms with E-state index in [2.05, 4.69) is 11.4 Å². The summed E-state index contributed by atoms with van der Waals surface area (Å²) >= 11 is 0. The molecule has 0 radical (unpaired) electrons. The van der Waals surface area contributed by atoms with Crippen LogP contribution in [0.15, 0.2) is 72.8 Å². The smallest absolute Gasteiger partial charge is 0.324 e. The number of nitrogens with zero attached hydrogens (tertiary/aromatic N) is 3. The topological polar surface area (TPSA) is 85.7 Å². The van der Waals surface area contributed by atoms with Crippen molar-refractivity contribution in [2.24, 2.45) is 0 Å². The van der Waals surface area contributed by atoms with E-state index in [4.69, 9.17) is 4.74 Å². The summed E-state index contributed by atoms with van der Waals surface area (Å²) < 4.78 is 5.19. The van der Waals surface area contributed by atoms with E-state index in [0.717, 1.165) is 12.0 Å². The van der Waals surface area contributed by atoms with Crippen molar-refractivity contribution in [3.05, 3.63) is 89.5 Å². The maximum Gasteiger partial charge on any atom is 0.324 e. The average molecular weight is 441 g/mol. The lowest BCUT2D eigenvalue weighted by Gasteiger charge is -2.36. The number of ether oxygens (including phenoxy) is 1. The van der Waals surface area contributed by atoms with Crippen LogP contribution in [0.2, 0.25) is 0 Å². The Labute approximate surface area is 192 Å². The summed E-state index contributed by atoms with van der Waals surface area (Å²) in [4.78, 5) is 29.4. The van der Waals surface area contributed by atoms with Crippen LogP contribution in [0.25, 0.3) is 0 Å². The van der Waals surface area contributed by atoms with Crippen LogP contribution in [0, 0.1) is 11.3 Å². The Morgan fingerprint density at radius 2 is 1.88 bits per heavy atom. The van der Waals surface area contributed by atoms with Crippen LogP contribution in [-0.4, -0.2) is 37.0 Å². The van der Waals surface area contributed by atoms with Gasteiger partial charge in [-0.05, 0) is 54.4 Å². The summed E-state index contributed by atoms with van der Waals surface area (Å²) in [6.45, 7) is 1.59. The van der Waals surface area contributed by atoms with Gasteiger partial charge in [0.2, 0.25) is 0 Å². The zero-order chi connectivity index (χ0) is 23.2. The molecule has 0 spiro atoms. The molecule has 3 amide bonds. The molecule has 0 aromatic heterocycles. The summed E-state index contributed by atoms with van der Waals surface area (Å²) in [5.41, 5.74) is 3.19. The number of rotatable bonds is 6. The second-order valence-corrected chi connectivity index (χ2v) is 7.71. The molecule has 33 heavy (non-hydrogen) atoms. The van der Waals surface area contributed by atoms with E-state index in [1.165, 1.54) is 0 Å². The standard InChI is InChI=1S/C26H24N4O3/c1-33-24-12-4-9-19(15-24)25(31)28-22-10-5-11-23(16-22)30-14-6-13-29(26(30)32)18-21-8-3-2-7-20(21)17-27/h2-5,7-12,15-16H,6,13-14,18H2,1H3,(H,28,31). The van der Waals surface area contributed by atoms with Gasteiger partial charge in [0.05, 0.1) is 18.7 Å². The molecule has 0 aliphatic carbocycles. The Balaban J connectivity index is 1.49. The summed E-state index contributed by atoms with van der Waals surface area (Å²) in [5.74, 6) is 0.346. The minimum atomic E-state index is -0.259. The predicted octanol–water partition coefficient (Wildman–Crippen LogP) is 4.65. The first-order chi connectivity index (χ1) is 16.1. The van der Waals surface area contributed by atoms with Gasteiger partial charge in [-0.1, -0.05) is 30.3 Å². The van der Waals surface area contributed by atoms with Crippen molar-refractivity contribution in [2.75, 3.05) is 30.4 Å². The minimum absolute atomic E-state index is 0.120. The lowest BCUT2D eigenvalue weighted by molar-refractivity contribution is 0.102. The molecular weight excluding hydrogens is 416 g/mol. The lowest BCUT2D eigenvalue weighted by atomic mass is 10.1. The maximum atomic E-state index is 13.2. The number of carbonyl (C=O) groups is 2. The molecule has 4 rings (SSSR count). The normalized spacial score (nSPS) is 13.4. The van der Waals surface area contributed by atoms with E-state index in [9.17, 15) is 14.9 Å². The van der Waals surface area contributed by atoms with E-state index in [1.54, 1.807) is 59.4 Å². The molecule has 1 saturated heterocycles. The first-order valence-corrected chi connectivity index (χ1v) is 10.7. The second kappa shape index (κ2) is 9.88. The lowest BCUT2D eigenvalue weighted by Crippen LogP contribution is -2.49. The highest BCUT2D eigenvalue weighted by Crippen LogP contribution is 2.25. The Hall–Kier alpha value is -4.31. The third kappa shape index (κ3) is 4.96. The fourth-order valence-electron chi connectivity index (χ4n) is 3.86. The Bertz CT molecular complexity index is 1220.